The van der Waals surface area contributed by atoms with Crippen LogP contribution in [0, 0.1) is 0 Å². The molecule has 0 aromatic carbocycles. The van der Waals surface area contributed by atoms with Gasteiger partial charge in [0.1, 0.15) is 13.2 Å². The third kappa shape index (κ3) is 63.6. The van der Waals surface area contributed by atoms with Crippen molar-refractivity contribution < 1.29 is 28.6 Å². The number of unbranched alkanes of at least 4 members (excludes halogenated alkanes) is 17. The molecule has 0 N–H and O–H groups in total. The Bertz CT molecular complexity index is 1840. The van der Waals surface area contributed by atoms with Crippen molar-refractivity contribution in [2.75, 3.05) is 13.2 Å². The summed E-state index contributed by atoms with van der Waals surface area (Å²) in [7, 11) is 0. The van der Waals surface area contributed by atoms with E-state index in [1.165, 1.54) is 44.9 Å². The predicted octanol–water partition coefficient (Wildman–Crippen LogP) is 22.3. The summed E-state index contributed by atoms with van der Waals surface area (Å²) in [6.07, 6.45) is 97.9. The van der Waals surface area contributed by atoms with Crippen molar-refractivity contribution >= 4 is 17.9 Å². The van der Waals surface area contributed by atoms with E-state index in [1.54, 1.807) is 0 Å². The largest absolute Gasteiger partial charge is 0.462 e. The van der Waals surface area contributed by atoms with Crippen molar-refractivity contribution in [3.63, 3.8) is 0 Å². The summed E-state index contributed by atoms with van der Waals surface area (Å²) in [4.78, 5) is 38.2. The Morgan fingerprint density at radius 1 is 0.263 bits per heavy atom. The molecule has 0 aliphatic carbocycles. The van der Waals surface area contributed by atoms with Crippen LogP contribution >= 0.6 is 0 Å². The molecule has 0 amide bonds. The van der Waals surface area contributed by atoms with Crippen LogP contribution in [0.1, 0.15) is 258 Å². The molecule has 0 spiro atoms. The van der Waals surface area contributed by atoms with Crippen LogP contribution in [0.4, 0.5) is 0 Å². The van der Waals surface area contributed by atoms with Crippen LogP contribution in [0.15, 0.2) is 170 Å². The summed E-state index contributed by atoms with van der Waals surface area (Å²) in [6.45, 7) is 6.35. The number of esters is 3. The lowest BCUT2D eigenvalue weighted by Crippen LogP contribution is -2.30. The SMILES string of the molecule is CC/C=C\C/C=C\C/C=C\C/C=C\C/C=C\C/C=C\C/C=C\C/C=C\CCCCCCC(=O)OCC(COC(=O)CCCCCCCCCCCC)OC(=O)CCCCCC/C=C\C/C=C\C/C=C\C/C=C\C/C=C\C/C=C\CC. The summed E-state index contributed by atoms with van der Waals surface area (Å²) >= 11 is 0. The molecule has 1 atom stereocenters. The first kappa shape index (κ1) is 74.8. The number of rotatable bonds is 56. The number of allylic oxidation sites excluding steroid dienone is 28. The molecule has 0 rings (SSSR count). The van der Waals surface area contributed by atoms with Gasteiger partial charge in [-0.15, -0.1) is 0 Å². The van der Waals surface area contributed by atoms with Gasteiger partial charge in [-0.25, -0.2) is 0 Å². The molecule has 0 saturated heterocycles. The zero-order chi connectivity index (χ0) is 57.8. The monoisotopic (exact) mass is 1100 g/mol. The first-order chi connectivity index (χ1) is 39.5. The van der Waals surface area contributed by atoms with Crippen molar-refractivity contribution in [3.05, 3.63) is 170 Å². The highest BCUT2D eigenvalue weighted by Crippen LogP contribution is 2.14. The minimum absolute atomic E-state index is 0.103. The van der Waals surface area contributed by atoms with Crippen LogP contribution in [0.25, 0.3) is 0 Å². The molecule has 6 nitrogen and oxygen atoms in total. The Morgan fingerprint density at radius 2 is 0.487 bits per heavy atom. The molecule has 0 aromatic rings. The second kappa shape index (κ2) is 66.3. The van der Waals surface area contributed by atoms with Gasteiger partial charge in [-0.1, -0.05) is 274 Å². The predicted molar refractivity (Wildman–Crippen MR) is 348 cm³/mol. The number of carbonyl (C=O) groups excluding carboxylic acids is 3. The van der Waals surface area contributed by atoms with Gasteiger partial charge in [0.25, 0.3) is 0 Å². The van der Waals surface area contributed by atoms with Crippen molar-refractivity contribution in [2.45, 2.75) is 264 Å². The smallest absolute Gasteiger partial charge is 0.306 e. The molecule has 0 aliphatic rings. The summed E-state index contributed by atoms with van der Waals surface area (Å²) in [5, 5.41) is 0. The molecule has 0 heterocycles. The fourth-order valence-corrected chi connectivity index (χ4v) is 8.23. The molecule has 0 bridgehead atoms. The van der Waals surface area contributed by atoms with Gasteiger partial charge < -0.3 is 14.2 Å². The van der Waals surface area contributed by atoms with E-state index in [0.29, 0.717) is 12.8 Å². The van der Waals surface area contributed by atoms with Gasteiger partial charge >= 0.3 is 17.9 Å². The molecule has 6 heteroatoms. The molecule has 0 aromatic heterocycles. The fraction of sp³-hybridized carbons (Fsp3) is 0.581. The van der Waals surface area contributed by atoms with E-state index in [2.05, 4.69) is 191 Å². The van der Waals surface area contributed by atoms with Crippen molar-refractivity contribution in [2.24, 2.45) is 0 Å². The van der Waals surface area contributed by atoms with Gasteiger partial charge in [0, 0.05) is 19.3 Å². The minimum atomic E-state index is -0.811. The first-order valence-electron chi connectivity index (χ1n) is 32.1. The lowest BCUT2D eigenvalue weighted by Gasteiger charge is -2.18. The molecule has 1 unspecified atom stereocenters. The number of ether oxygens (including phenoxy) is 3. The van der Waals surface area contributed by atoms with Gasteiger partial charge in [-0.05, 0) is 135 Å². The average Bonchev–Trinajstić information content (AvgIpc) is 3.46. The number of hydrogen-bond donors (Lipinski definition) is 0. The summed E-state index contributed by atoms with van der Waals surface area (Å²) in [5.41, 5.74) is 0. The fourth-order valence-electron chi connectivity index (χ4n) is 8.23. The standard InChI is InChI=1S/C74H116O6/c1-4-7-10-13-16-19-22-24-26-28-30-32-34-35-36-37-38-39-41-42-44-46-48-50-52-55-58-61-64-67-73(76)79-70-71(69-78-72(75)66-63-60-57-54-21-18-15-12-9-6-3)80-74(77)68-65-62-59-56-53-51-49-47-45-43-40-33-31-29-27-25-23-20-17-14-11-8-5-2/h7-8,10-11,16-17,19-20,24-27,30-33,35-36,38-39,42-45,48-51,71H,4-6,9,12-15,18,21-23,28-29,34,37,40-41,46-47,52-70H2,1-3H3/b10-7-,11-8-,19-16-,20-17-,26-24-,27-25-,32-30-,33-31-,36-35-,39-38-,44-42-,45-43-,50-48-,51-49-. The van der Waals surface area contributed by atoms with Gasteiger partial charge in [0.05, 0.1) is 0 Å². The van der Waals surface area contributed by atoms with Gasteiger partial charge in [0.15, 0.2) is 6.10 Å². The molecule has 0 radical (unpaired) electrons. The lowest BCUT2D eigenvalue weighted by molar-refractivity contribution is -0.167. The number of hydrogen-bond acceptors (Lipinski definition) is 6. The summed E-state index contributed by atoms with van der Waals surface area (Å²) in [5.74, 6) is -0.961. The van der Waals surface area contributed by atoms with E-state index in [1.807, 2.05) is 0 Å². The maximum atomic E-state index is 12.9. The third-order valence-corrected chi connectivity index (χ3v) is 13.0. The second-order valence-electron chi connectivity index (χ2n) is 20.6. The van der Waals surface area contributed by atoms with Crippen LogP contribution in [0.5, 0.6) is 0 Å². The van der Waals surface area contributed by atoms with E-state index in [4.69, 9.17) is 14.2 Å². The lowest BCUT2D eigenvalue weighted by atomic mass is 10.1. The highest BCUT2D eigenvalue weighted by atomic mass is 16.6. The summed E-state index contributed by atoms with van der Waals surface area (Å²) < 4.78 is 16.8. The van der Waals surface area contributed by atoms with Crippen LogP contribution < -0.4 is 0 Å². The zero-order valence-corrected chi connectivity index (χ0v) is 51.3. The van der Waals surface area contributed by atoms with Gasteiger partial charge in [-0.2, -0.15) is 0 Å². The molecule has 448 valence electrons. The average molecular weight is 1100 g/mol. The van der Waals surface area contributed by atoms with Crippen molar-refractivity contribution in [1.82, 2.24) is 0 Å². The van der Waals surface area contributed by atoms with E-state index >= 15 is 0 Å². The highest BCUT2D eigenvalue weighted by Gasteiger charge is 2.19. The van der Waals surface area contributed by atoms with Gasteiger partial charge in [0.2, 0.25) is 0 Å². The van der Waals surface area contributed by atoms with E-state index in [0.717, 1.165) is 173 Å². The normalized spacial score (nSPS) is 13.3. The van der Waals surface area contributed by atoms with E-state index in [-0.39, 0.29) is 37.5 Å². The highest BCUT2D eigenvalue weighted by molar-refractivity contribution is 5.71. The Hall–Kier alpha value is -5.23. The first-order valence-corrected chi connectivity index (χ1v) is 32.1. The van der Waals surface area contributed by atoms with E-state index < -0.39 is 6.10 Å². The second-order valence-corrected chi connectivity index (χ2v) is 20.6. The zero-order valence-electron chi connectivity index (χ0n) is 51.3. The third-order valence-electron chi connectivity index (χ3n) is 13.0. The number of carbonyl (C=O) groups is 3. The molecular formula is C74H116O6. The maximum Gasteiger partial charge on any atom is 0.306 e. The Kier molecular flexibility index (Phi) is 61.9. The summed E-state index contributed by atoms with van der Waals surface area (Å²) in [6, 6.07) is 0. The van der Waals surface area contributed by atoms with Crippen molar-refractivity contribution in [1.29, 1.82) is 0 Å². The van der Waals surface area contributed by atoms with Crippen LogP contribution in [0.2, 0.25) is 0 Å². The topological polar surface area (TPSA) is 78.9 Å². The Balaban J connectivity index is 4.41. The quantitative estimate of drug-likeness (QED) is 0.0261. The van der Waals surface area contributed by atoms with Crippen molar-refractivity contribution in [3.8, 4) is 0 Å². The minimum Gasteiger partial charge on any atom is -0.462 e. The maximum absolute atomic E-state index is 12.9. The molecular weight excluding hydrogens is 985 g/mol. The molecule has 0 aliphatic heterocycles. The van der Waals surface area contributed by atoms with Crippen LogP contribution in [0.3, 0.4) is 0 Å². The molecule has 0 fully saturated rings. The van der Waals surface area contributed by atoms with Crippen LogP contribution in [-0.4, -0.2) is 37.2 Å². The molecule has 80 heavy (non-hydrogen) atoms. The Labute approximate surface area is 492 Å². The Morgan fingerprint density at radius 3 is 0.762 bits per heavy atom. The van der Waals surface area contributed by atoms with Crippen LogP contribution in [-0.2, 0) is 28.6 Å². The van der Waals surface area contributed by atoms with Gasteiger partial charge in [-0.3, -0.25) is 14.4 Å². The van der Waals surface area contributed by atoms with E-state index in [9.17, 15) is 14.4 Å². The molecule has 0 saturated carbocycles.